The van der Waals surface area contributed by atoms with Gasteiger partial charge in [-0.3, -0.25) is 0 Å². The molecule has 0 aliphatic carbocycles. The summed E-state index contributed by atoms with van der Waals surface area (Å²) in [7, 11) is 1.54. The Morgan fingerprint density at radius 2 is 2.16 bits per heavy atom. The molecule has 0 heterocycles. The fourth-order valence-corrected chi connectivity index (χ4v) is 2.85. The van der Waals surface area contributed by atoms with Crippen molar-refractivity contribution >= 4 is 27.7 Å². The minimum absolute atomic E-state index is 0.130. The van der Waals surface area contributed by atoms with Crippen LogP contribution in [0.1, 0.15) is 12.0 Å². The number of hydrogen-bond acceptors (Lipinski definition) is 5. The number of phenols is 1. The predicted octanol–water partition coefficient (Wildman–Crippen LogP) is 2.37. The van der Waals surface area contributed by atoms with Gasteiger partial charge >= 0.3 is 0 Å². The molecule has 19 heavy (non-hydrogen) atoms. The van der Waals surface area contributed by atoms with Crippen molar-refractivity contribution in [3.8, 4) is 11.5 Å². The zero-order valence-electron chi connectivity index (χ0n) is 11.0. The van der Waals surface area contributed by atoms with Crippen LogP contribution in [0, 0.1) is 0 Å². The minimum atomic E-state index is 0.130. The molecule has 4 nitrogen and oxygen atoms in total. The van der Waals surface area contributed by atoms with E-state index in [1.165, 1.54) is 7.11 Å². The van der Waals surface area contributed by atoms with E-state index < -0.39 is 0 Å². The van der Waals surface area contributed by atoms with Crippen molar-refractivity contribution in [2.24, 2.45) is 0 Å². The quantitative estimate of drug-likeness (QED) is 0.597. The molecular weight excluding hydrogens is 330 g/mol. The number of methoxy groups -OCH3 is 1. The summed E-state index contributed by atoms with van der Waals surface area (Å²) in [6, 6.07) is 3.70. The van der Waals surface area contributed by atoms with Crippen LogP contribution in [0.4, 0.5) is 0 Å². The first-order valence-electron chi connectivity index (χ1n) is 6.13. The molecule has 1 aromatic rings. The Balaban J connectivity index is 2.31. The Morgan fingerprint density at radius 3 is 2.84 bits per heavy atom. The maximum atomic E-state index is 9.70. The molecule has 0 spiro atoms. The van der Waals surface area contributed by atoms with Gasteiger partial charge in [0.25, 0.3) is 0 Å². The topological polar surface area (TPSA) is 61.7 Å². The molecule has 108 valence electrons. The Kier molecular flexibility index (Phi) is 8.29. The highest BCUT2D eigenvalue weighted by Crippen LogP contribution is 2.35. The standard InChI is InChI=1S/C13H20BrNO3S/c1-18-12-8-10(7-11(14)13(12)17)9-15-3-6-19-5-2-4-16/h7-8,15-17H,2-6,9H2,1H3. The molecule has 0 amide bonds. The SMILES string of the molecule is COc1cc(CNCCSCCCO)cc(Br)c1O. The van der Waals surface area contributed by atoms with E-state index >= 15 is 0 Å². The Labute approximate surface area is 126 Å². The van der Waals surface area contributed by atoms with E-state index in [1.807, 2.05) is 23.9 Å². The lowest BCUT2D eigenvalue weighted by Gasteiger charge is -2.10. The molecule has 0 radical (unpaired) electrons. The average molecular weight is 350 g/mol. The minimum Gasteiger partial charge on any atom is -0.503 e. The summed E-state index contributed by atoms with van der Waals surface area (Å²) in [5.74, 6) is 2.63. The molecular formula is C13H20BrNO3S. The number of aromatic hydroxyl groups is 1. The summed E-state index contributed by atoms with van der Waals surface area (Å²) in [4.78, 5) is 0. The van der Waals surface area contributed by atoms with Gasteiger partial charge in [-0.1, -0.05) is 0 Å². The van der Waals surface area contributed by atoms with Crippen molar-refractivity contribution in [3.05, 3.63) is 22.2 Å². The number of thioether (sulfide) groups is 1. The smallest absolute Gasteiger partial charge is 0.172 e. The number of aliphatic hydroxyl groups is 1. The summed E-state index contributed by atoms with van der Waals surface area (Å²) in [5, 5.41) is 21.7. The summed E-state index contributed by atoms with van der Waals surface area (Å²) >= 11 is 5.13. The largest absolute Gasteiger partial charge is 0.503 e. The van der Waals surface area contributed by atoms with Gasteiger partial charge in [0.15, 0.2) is 11.5 Å². The molecule has 0 aliphatic heterocycles. The summed E-state index contributed by atoms with van der Waals surface area (Å²) in [6.07, 6.45) is 0.854. The van der Waals surface area contributed by atoms with Gasteiger partial charge in [-0.2, -0.15) is 11.8 Å². The van der Waals surface area contributed by atoms with Crippen molar-refractivity contribution < 1.29 is 14.9 Å². The molecule has 0 unspecified atom stereocenters. The second-order valence-corrected chi connectivity index (χ2v) is 6.07. The van der Waals surface area contributed by atoms with Crippen LogP contribution in [0.5, 0.6) is 11.5 Å². The van der Waals surface area contributed by atoms with E-state index in [2.05, 4.69) is 21.2 Å². The highest BCUT2D eigenvalue weighted by molar-refractivity contribution is 9.10. The van der Waals surface area contributed by atoms with Crippen LogP contribution < -0.4 is 10.1 Å². The molecule has 6 heteroatoms. The molecule has 0 bridgehead atoms. The molecule has 3 N–H and O–H groups in total. The lowest BCUT2D eigenvalue weighted by Crippen LogP contribution is -2.16. The van der Waals surface area contributed by atoms with Crippen LogP contribution >= 0.6 is 27.7 Å². The van der Waals surface area contributed by atoms with Crippen molar-refractivity contribution in [2.75, 3.05) is 31.8 Å². The van der Waals surface area contributed by atoms with Crippen LogP contribution in [-0.2, 0) is 6.54 Å². The molecule has 0 atom stereocenters. The number of rotatable bonds is 9. The lowest BCUT2D eigenvalue weighted by atomic mass is 10.2. The van der Waals surface area contributed by atoms with Gasteiger partial charge in [0.1, 0.15) is 0 Å². The van der Waals surface area contributed by atoms with Crippen molar-refractivity contribution in [3.63, 3.8) is 0 Å². The number of phenolic OH excluding ortho intramolecular Hbond substituents is 1. The first-order chi connectivity index (χ1) is 9.19. The second-order valence-electron chi connectivity index (χ2n) is 3.99. The van der Waals surface area contributed by atoms with Crippen molar-refractivity contribution in [1.82, 2.24) is 5.32 Å². The van der Waals surface area contributed by atoms with E-state index in [1.54, 1.807) is 0 Å². The molecule has 0 fully saturated rings. The molecule has 0 saturated carbocycles. The Hall–Kier alpha value is -0.430. The number of aliphatic hydroxyl groups excluding tert-OH is 1. The zero-order valence-corrected chi connectivity index (χ0v) is 13.4. The zero-order chi connectivity index (χ0) is 14.1. The third kappa shape index (κ3) is 6.03. The summed E-state index contributed by atoms with van der Waals surface area (Å²) in [5.41, 5.74) is 1.06. The number of hydrogen-bond donors (Lipinski definition) is 3. The Bertz CT molecular complexity index is 390. The Morgan fingerprint density at radius 1 is 1.37 bits per heavy atom. The second kappa shape index (κ2) is 9.47. The normalized spacial score (nSPS) is 10.7. The van der Waals surface area contributed by atoms with Crippen LogP contribution in [0.2, 0.25) is 0 Å². The highest BCUT2D eigenvalue weighted by Gasteiger charge is 2.08. The number of ether oxygens (including phenoxy) is 1. The van der Waals surface area contributed by atoms with Gasteiger partial charge in [0.2, 0.25) is 0 Å². The average Bonchev–Trinajstić information content (AvgIpc) is 2.41. The number of benzene rings is 1. The summed E-state index contributed by atoms with van der Waals surface area (Å²) < 4.78 is 5.74. The van der Waals surface area contributed by atoms with Crippen LogP contribution in [0.3, 0.4) is 0 Å². The maximum absolute atomic E-state index is 9.70. The van der Waals surface area contributed by atoms with Crippen LogP contribution in [-0.4, -0.2) is 42.0 Å². The first-order valence-corrected chi connectivity index (χ1v) is 8.08. The lowest BCUT2D eigenvalue weighted by molar-refractivity contribution is 0.296. The van der Waals surface area contributed by atoms with E-state index in [0.717, 1.165) is 36.6 Å². The summed E-state index contributed by atoms with van der Waals surface area (Å²) in [6.45, 7) is 1.91. The monoisotopic (exact) mass is 349 g/mol. The van der Waals surface area contributed by atoms with Gasteiger partial charge < -0.3 is 20.3 Å². The van der Waals surface area contributed by atoms with Crippen molar-refractivity contribution in [1.29, 1.82) is 0 Å². The predicted molar refractivity (Wildman–Crippen MR) is 83.1 cm³/mol. The first kappa shape index (κ1) is 16.6. The third-order valence-electron chi connectivity index (χ3n) is 2.51. The fraction of sp³-hybridized carbons (Fsp3) is 0.538. The third-order valence-corrected chi connectivity index (χ3v) is 4.18. The van der Waals surface area contributed by atoms with Gasteiger partial charge in [-0.05, 0) is 45.8 Å². The molecule has 0 aromatic heterocycles. The highest BCUT2D eigenvalue weighted by atomic mass is 79.9. The van der Waals surface area contributed by atoms with E-state index in [-0.39, 0.29) is 12.4 Å². The van der Waals surface area contributed by atoms with Crippen LogP contribution in [0.25, 0.3) is 0 Å². The van der Waals surface area contributed by atoms with Gasteiger partial charge in [0, 0.05) is 25.4 Å². The number of halogens is 1. The van der Waals surface area contributed by atoms with E-state index in [9.17, 15) is 5.11 Å². The van der Waals surface area contributed by atoms with E-state index in [4.69, 9.17) is 9.84 Å². The fourth-order valence-electron chi connectivity index (χ4n) is 1.53. The van der Waals surface area contributed by atoms with Crippen LogP contribution in [0.15, 0.2) is 16.6 Å². The van der Waals surface area contributed by atoms with E-state index in [0.29, 0.717) is 10.2 Å². The molecule has 1 aromatic carbocycles. The molecule has 1 rings (SSSR count). The molecule has 0 aliphatic rings. The van der Waals surface area contributed by atoms with Gasteiger partial charge in [-0.15, -0.1) is 0 Å². The number of nitrogens with one attached hydrogen (secondary N) is 1. The van der Waals surface area contributed by atoms with Crippen molar-refractivity contribution in [2.45, 2.75) is 13.0 Å². The van der Waals surface area contributed by atoms with Gasteiger partial charge in [-0.25, -0.2) is 0 Å². The molecule has 0 saturated heterocycles. The van der Waals surface area contributed by atoms with Gasteiger partial charge in [0.05, 0.1) is 11.6 Å². The maximum Gasteiger partial charge on any atom is 0.172 e.